The summed E-state index contributed by atoms with van der Waals surface area (Å²) in [6, 6.07) is 10.8. The molecule has 2 N–H and O–H groups in total. The van der Waals surface area contributed by atoms with Crippen LogP contribution in [0, 0.1) is 0 Å². The van der Waals surface area contributed by atoms with Crippen LogP contribution in [0.5, 0.6) is 0 Å². The molecule has 0 aliphatic rings. The molecule has 2 aromatic rings. The standard InChI is InChI=1S/C14H13ClN4O/c15-12-3-1-2-4-13(12)17-10-14(20)19-18-9-11-5-7-16-8-6-11/h1-9,17H,10H2,(H,19,20)/b18-9+. The van der Waals surface area contributed by atoms with Crippen molar-refractivity contribution in [1.29, 1.82) is 0 Å². The predicted molar refractivity (Wildman–Crippen MR) is 79.9 cm³/mol. The van der Waals surface area contributed by atoms with E-state index in [0.29, 0.717) is 10.7 Å². The molecule has 1 amide bonds. The highest BCUT2D eigenvalue weighted by Crippen LogP contribution is 2.19. The number of hydrogen-bond acceptors (Lipinski definition) is 4. The zero-order valence-corrected chi connectivity index (χ0v) is 11.3. The Morgan fingerprint density at radius 1 is 1.25 bits per heavy atom. The molecule has 0 spiro atoms. The molecule has 102 valence electrons. The van der Waals surface area contributed by atoms with Crippen molar-refractivity contribution >= 4 is 29.4 Å². The maximum atomic E-state index is 11.6. The molecular formula is C14H13ClN4O. The number of halogens is 1. The summed E-state index contributed by atoms with van der Waals surface area (Å²) in [4.78, 5) is 15.5. The van der Waals surface area contributed by atoms with E-state index < -0.39 is 0 Å². The molecule has 1 aromatic carbocycles. The molecule has 0 radical (unpaired) electrons. The van der Waals surface area contributed by atoms with Gasteiger partial charge >= 0.3 is 0 Å². The molecule has 0 aliphatic heterocycles. The summed E-state index contributed by atoms with van der Waals surface area (Å²) in [6.07, 6.45) is 4.86. The zero-order valence-electron chi connectivity index (χ0n) is 10.6. The van der Waals surface area contributed by atoms with E-state index in [-0.39, 0.29) is 12.5 Å². The molecule has 0 saturated heterocycles. The number of pyridine rings is 1. The second-order valence-electron chi connectivity index (χ2n) is 3.91. The number of anilines is 1. The highest BCUT2D eigenvalue weighted by molar-refractivity contribution is 6.33. The number of para-hydroxylation sites is 1. The van der Waals surface area contributed by atoms with Crippen LogP contribution in [0.25, 0.3) is 0 Å². The Morgan fingerprint density at radius 3 is 2.75 bits per heavy atom. The molecule has 2 rings (SSSR count). The summed E-state index contributed by atoms with van der Waals surface area (Å²) in [6.45, 7) is 0.0947. The molecule has 0 unspecified atom stereocenters. The lowest BCUT2D eigenvalue weighted by atomic mass is 10.3. The van der Waals surface area contributed by atoms with E-state index in [2.05, 4.69) is 20.8 Å². The molecule has 0 atom stereocenters. The lowest BCUT2D eigenvalue weighted by molar-refractivity contribution is -0.119. The molecule has 0 aliphatic carbocycles. The second-order valence-corrected chi connectivity index (χ2v) is 4.31. The lowest BCUT2D eigenvalue weighted by Crippen LogP contribution is -2.25. The van der Waals surface area contributed by atoms with E-state index in [1.54, 1.807) is 42.9 Å². The lowest BCUT2D eigenvalue weighted by Gasteiger charge is -2.06. The first-order valence-corrected chi connectivity index (χ1v) is 6.34. The summed E-state index contributed by atoms with van der Waals surface area (Å²) in [7, 11) is 0. The quantitative estimate of drug-likeness (QED) is 0.655. The van der Waals surface area contributed by atoms with Gasteiger partial charge in [0.05, 0.1) is 23.5 Å². The van der Waals surface area contributed by atoms with E-state index in [4.69, 9.17) is 11.6 Å². The third-order valence-electron chi connectivity index (χ3n) is 2.42. The smallest absolute Gasteiger partial charge is 0.259 e. The number of nitrogens with one attached hydrogen (secondary N) is 2. The van der Waals surface area contributed by atoms with Gasteiger partial charge in [-0.3, -0.25) is 9.78 Å². The van der Waals surface area contributed by atoms with Gasteiger partial charge in [-0.15, -0.1) is 0 Å². The fraction of sp³-hybridized carbons (Fsp3) is 0.0714. The van der Waals surface area contributed by atoms with Crippen LogP contribution >= 0.6 is 11.6 Å². The number of rotatable bonds is 5. The van der Waals surface area contributed by atoms with Crippen molar-refractivity contribution in [2.45, 2.75) is 0 Å². The maximum Gasteiger partial charge on any atom is 0.259 e. The monoisotopic (exact) mass is 288 g/mol. The van der Waals surface area contributed by atoms with Crippen molar-refractivity contribution in [1.82, 2.24) is 10.4 Å². The first-order chi connectivity index (χ1) is 9.75. The van der Waals surface area contributed by atoms with Crippen LogP contribution in [0.2, 0.25) is 5.02 Å². The van der Waals surface area contributed by atoms with E-state index in [1.807, 2.05) is 12.1 Å². The van der Waals surface area contributed by atoms with Gasteiger partial charge in [0.25, 0.3) is 5.91 Å². The van der Waals surface area contributed by atoms with E-state index in [1.165, 1.54) is 0 Å². The van der Waals surface area contributed by atoms with Crippen molar-refractivity contribution in [2.24, 2.45) is 5.10 Å². The van der Waals surface area contributed by atoms with Crippen molar-refractivity contribution in [3.63, 3.8) is 0 Å². The minimum absolute atomic E-state index is 0.0947. The van der Waals surface area contributed by atoms with Crippen LogP contribution in [0.15, 0.2) is 53.9 Å². The molecule has 0 fully saturated rings. The summed E-state index contributed by atoms with van der Waals surface area (Å²) in [5.74, 6) is -0.254. The van der Waals surface area contributed by atoms with Gasteiger partial charge in [0, 0.05) is 12.4 Å². The van der Waals surface area contributed by atoms with Gasteiger partial charge in [0.2, 0.25) is 0 Å². The Balaban J connectivity index is 1.79. The SMILES string of the molecule is O=C(CNc1ccccc1Cl)N/N=C/c1ccncc1. The van der Waals surface area contributed by atoms with Gasteiger partial charge in [-0.25, -0.2) is 5.43 Å². The van der Waals surface area contributed by atoms with Crippen LogP contribution in [0.4, 0.5) is 5.69 Å². The summed E-state index contributed by atoms with van der Waals surface area (Å²) < 4.78 is 0. The summed E-state index contributed by atoms with van der Waals surface area (Å²) in [5.41, 5.74) is 4.00. The number of carbonyl (C=O) groups is 1. The summed E-state index contributed by atoms with van der Waals surface area (Å²) >= 11 is 5.96. The van der Waals surface area contributed by atoms with E-state index in [0.717, 1.165) is 5.56 Å². The average Bonchev–Trinajstić information content (AvgIpc) is 2.47. The molecule has 20 heavy (non-hydrogen) atoms. The minimum atomic E-state index is -0.254. The van der Waals surface area contributed by atoms with E-state index >= 15 is 0 Å². The minimum Gasteiger partial charge on any atom is -0.375 e. The fourth-order valence-corrected chi connectivity index (χ4v) is 1.65. The number of hydrogen-bond donors (Lipinski definition) is 2. The van der Waals surface area contributed by atoms with Crippen molar-refractivity contribution < 1.29 is 4.79 Å². The van der Waals surface area contributed by atoms with E-state index in [9.17, 15) is 4.79 Å². The predicted octanol–water partition coefficient (Wildman–Crippen LogP) is 2.30. The topological polar surface area (TPSA) is 66.4 Å². The molecule has 1 heterocycles. The van der Waals surface area contributed by atoms with Gasteiger partial charge < -0.3 is 5.32 Å². The number of hydrazone groups is 1. The average molecular weight is 289 g/mol. The van der Waals surface area contributed by atoms with Crippen LogP contribution in [0.3, 0.4) is 0 Å². The Bertz CT molecular complexity index is 601. The van der Waals surface area contributed by atoms with Crippen LogP contribution in [-0.4, -0.2) is 23.7 Å². The van der Waals surface area contributed by atoms with Gasteiger partial charge in [-0.05, 0) is 29.8 Å². The van der Waals surface area contributed by atoms with Gasteiger partial charge in [-0.1, -0.05) is 23.7 Å². The highest BCUT2D eigenvalue weighted by atomic mass is 35.5. The molecule has 1 aromatic heterocycles. The third kappa shape index (κ3) is 4.37. The van der Waals surface area contributed by atoms with Gasteiger partial charge in [-0.2, -0.15) is 5.10 Å². The number of amides is 1. The highest BCUT2D eigenvalue weighted by Gasteiger charge is 2.01. The van der Waals surface area contributed by atoms with Crippen molar-refractivity contribution in [2.75, 3.05) is 11.9 Å². The van der Waals surface area contributed by atoms with Gasteiger partial charge in [0.1, 0.15) is 0 Å². The van der Waals surface area contributed by atoms with Crippen LogP contribution in [0.1, 0.15) is 5.56 Å². The normalized spacial score (nSPS) is 10.4. The Hall–Kier alpha value is -2.40. The number of carbonyl (C=O) groups excluding carboxylic acids is 1. The van der Waals surface area contributed by atoms with Crippen molar-refractivity contribution in [3.05, 3.63) is 59.4 Å². The summed E-state index contributed by atoms with van der Waals surface area (Å²) in [5, 5.41) is 7.35. The Labute approximate surface area is 121 Å². The van der Waals surface area contributed by atoms with Crippen LogP contribution < -0.4 is 10.7 Å². The molecule has 5 nitrogen and oxygen atoms in total. The fourth-order valence-electron chi connectivity index (χ4n) is 1.45. The van der Waals surface area contributed by atoms with Gasteiger partial charge in [0.15, 0.2) is 0 Å². The first kappa shape index (κ1) is 14.0. The Kier molecular flexibility index (Phi) is 5.08. The first-order valence-electron chi connectivity index (χ1n) is 5.96. The number of aromatic nitrogens is 1. The molecular weight excluding hydrogens is 276 g/mol. The largest absolute Gasteiger partial charge is 0.375 e. The third-order valence-corrected chi connectivity index (χ3v) is 2.75. The Morgan fingerprint density at radius 2 is 2.00 bits per heavy atom. The van der Waals surface area contributed by atoms with Crippen molar-refractivity contribution in [3.8, 4) is 0 Å². The zero-order chi connectivity index (χ0) is 14.2. The van der Waals surface area contributed by atoms with Crippen LogP contribution in [-0.2, 0) is 4.79 Å². The molecule has 6 heteroatoms. The maximum absolute atomic E-state index is 11.6. The number of nitrogens with zero attached hydrogens (tertiary/aromatic N) is 2. The second kappa shape index (κ2) is 7.25. The molecule has 0 saturated carbocycles. The molecule has 0 bridgehead atoms. The number of benzene rings is 1.